The zero-order valence-electron chi connectivity index (χ0n) is 19.1. The van der Waals surface area contributed by atoms with Crippen LogP contribution in [0.5, 0.6) is 11.5 Å². The first-order valence-electron chi connectivity index (χ1n) is 10.8. The van der Waals surface area contributed by atoms with Crippen LogP contribution in [0.3, 0.4) is 0 Å². The van der Waals surface area contributed by atoms with Crippen molar-refractivity contribution in [2.24, 2.45) is 5.92 Å². The summed E-state index contributed by atoms with van der Waals surface area (Å²) in [6.45, 7) is 5.02. The summed E-state index contributed by atoms with van der Waals surface area (Å²) in [5.41, 5.74) is 0.552. The molecule has 4 rings (SSSR count). The maximum absolute atomic E-state index is 12.6. The fourth-order valence-corrected chi connectivity index (χ4v) is 4.25. The molecule has 0 atom stereocenters. The van der Waals surface area contributed by atoms with Crippen LogP contribution in [0.15, 0.2) is 27.9 Å². The van der Waals surface area contributed by atoms with Crippen molar-refractivity contribution in [1.82, 2.24) is 24.9 Å². The molecular formula is C21H26F2N6O4S. The van der Waals surface area contributed by atoms with Crippen molar-refractivity contribution in [3.05, 3.63) is 24.1 Å². The third kappa shape index (κ3) is 5.76. The summed E-state index contributed by atoms with van der Waals surface area (Å²) in [7, 11) is 1.37. The van der Waals surface area contributed by atoms with Crippen LogP contribution in [0, 0.1) is 5.92 Å². The zero-order chi connectivity index (χ0) is 24.1. The van der Waals surface area contributed by atoms with Gasteiger partial charge >= 0.3 is 6.61 Å². The van der Waals surface area contributed by atoms with E-state index in [9.17, 15) is 8.78 Å². The van der Waals surface area contributed by atoms with Gasteiger partial charge in [0.2, 0.25) is 17.7 Å². The molecule has 1 aliphatic heterocycles. The molecule has 0 N–H and O–H groups in total. The van der Waals surface area contributed by atoms with E-state index in [0.717, 1.165) is 30.7 Å². The summed E-state index contributed by atoms with van der Waals surface area (Å²) in [6, 6.07) is 4.47. The van der Waals surface area contributed by atoms with Gasteiger partial charge in [-0.25, -0.2) is 0 Å². The number of halogens is 2. The molecule has 1 saturated heterocycles. The Hall–Kier alpha value is -2.93. The normalized spacial score (nSPS) is 14.3. The molecule has 1 aliphatic rings. The third-order valence-electron chi connectivity index (χ3n) is 4.97. The Labute approximate surface area is 199 Å². The largest absolute Gasteiger partial charge is 0.493 e. The molecule has 3 aromatic rings. The van der Waals surface area contributed by atoms with E-state index in [2.05, 4.69) is 48.4 Å². The molecule has 34 heavy (non-hydrogen) atoms. The van der Waals surface area contributed by atoms with Crippen LogP contribution in [0.1, 0.15) is 19.7 Å². The van der Waals surface area contributed by atoms with Crippen molar-refractivity contribution in [2.45, 2.75) is 37.9 Å². The van der Waals surface area contributed by atoms with E-state index in [1.807, 2.05) is 0 Å². The summed E-state index contributed by atoms with van der Waals surface area (Å²) in [5, 5.41) is 13.6. The van der Waals surface area contributed by atoms with Crippen molar-refractivity contribution >= 4 is 17.7 Å². The molecule has 0 amide bonds. The summed E-state index contributed by atoms with van der Waals surface area (Å²) < 4.78 is 47.7. The van der Waals surface area contributed by atoms with Crippen molar-refractivity contribution in [3.8, 4) is 22.9 Å². The highest BCUT2D eigenvalue weighted by molar-refractivity contribution is 7.98. The molecule has 13 heteroatoms. The average molecular weight is 497 g/mol. The van der Waals surface area contributed by atoms with Gasteiger partial charge in [-0.05, 0) is 24.1 Å². The monoisotopic (exact) mass is 496 g/mol. The van der Waals surface area contributed by atoms with Gasteiger partial charge in [0.15, 0.2) is 16.7 Å². The van der Waals surface area contributed by atoms with Crippen LogP contribution in [0.25, 0.3) is 11.4 Å². The van der Waals surface area contributed by atoms with Crippen LogP contribution < -0.4 is 14.4 Å². The molecule has 0 unspecified atom stereocenters. The van der Waals surface area contributed by atoms with Gasteiger partial charge in [0.05, 0.1) is 26.1 Å². The number of benzene rings is 1. The number of methoxy groups -OCH3 is 1. The first-order valence-corrected chi connectivity index (χ1v) is 11.8. The number of alkyl halides is 2. The summed E-state index contributed by atoms with van der Waals surface area (Å²) >= 11 is 1.46. The second-order valence-electron chi connectivity index (χ2n) is 7.93. The van der Waals surface area contributed by atoms with Crippen molar-refractivity contribution in [1.29, 1.82) is 0 Å². The van der Waals surface area contributed by atoms with E-state index in [4.69, 9.17) is 14.0 Å². The van der Waals surface area contributed by atoms with Crippen molar-refractivity contribution < 1.29 is 27.5 Å². The highest BCUT2D eigenvalue weighted by Gasteiger charge is 2.22. The number of nitrogens with zero attached hydrogens (tertiary/aromatic N) is 6. The highest BCUT2D eigenvalue weighted by atomic mass is 32.2. The molecule has 1 fully saturated rings. The summed E-state index contributed by atoms with van der Waals surface area (Å²) in [6.07, 6.45) is 0. The summed E-state index contributed by atoms with van der Waals surface area (Å²) in [4.78, 5) is 6.60. The van der Waals surface area contributed by atoms with Crippen molar-refractivity contribution in [3.63, 3.8) is 0 Å². The number of thioether (sulfide) groups is 1. The van der Waals surface area contributed by atoms with Gasteiger partial charge in [-0.2, -0.15) is 13.8 Å². The van der Waals surface area contributed by atoms with E-state index in [1.165, 1.54) is 31.0 Å². The van der Waals surface area contributed by atoms with Crippen LogP contribution >= 0.6 is 11.8 Å². The number of hydrogen-bond donors (Lipinski definition) is 0. The standard InChI is InChI=1S/C21H26F2N6O4S/c1-13(2)11-29-20(28-6-8-31-9-7-28)25-26-21(29)34-12-17-24-18(27-33-17)14-4-5-15(32-19(22)23)16(10-14)30-3/h4-5,10,13,19H,6-9,11-12H2,1-3H3. The summed E-state index contributed by atoms with van der Waals surface area (Å²) in [5.74, 6) is 2.45. The van der Waals surface area contributed by atoms with Gasteiger partial charge in [-0.3, -0.25) is 4.57 Å². The maximum atomic E-state index is 12.6. The van der Waals surface area contributed by atoms with E-state index in [-0.39, 0.29) is 11.5 Å². The Kier molecular flexibility index (Phi) is 7.83. The van der Waals surface area contributed by atoms with Gasteiger partial charge in [0.1, 0.15) is 0 Å². The Morgan fingerprint density at radius 2 is 1.94 bits per heavy atom. The number of rotatable bonds is 10. The Morgan fingerprint density at radius 1 is 1.15 bits per heavy atom. The van der Waals surface area contributed by atoms with Gasteiger partial charge in [0, 0.05) is 25.2 Å². The van der Waals surface area contributed by atoms with Crippen molar-refractivity contribution in [2.75, 3.05) is 38.3 Å². The lowest BCUT2D eigenvalue weighted by Gasteiger charge is -2.28. The second-order valence-corrected chi connectivity index (χ2v) is 8.87. The SMILES string of the molecule is COc1cc(-c2noc(CSc3nnc(N4CCOCC4)n3CC(C)C)n2)ccc1OC(F)F. The molecule has 0 aliphatic carbocycles. The minimum absolute atomic E-state index is 0.0684. The topological polar surface area (TPSA) is 101 Å². The Balaban J connectivity index is 1.47. The molecule has 184 valence electrons. The maximum Gasteiger partial charge on any atom is 0.387 e. The predicted octanol–water partition coefficient (Wildman–Crippen LogP) is 3.72. The van der Waals surface area contributed by atoms with Crippen LogP contribution in [0.2, 0.25) is 0 Å². The number of aromatic nitrogens is 5. The fraction of sp³-hybridized carbons (Fsp3) is 0.524. The van der Waals surface area contributed by atoms with E-state index >= 15 is 0 Å². The smallest absolute Gasteiger partial charge is 0.387 e. The quantitative estimate of drug-likeness (QED) is 0.386. The van der Waals surface area contributed by atoms with E-state index < -0.39 is 6.61 Å². The second kappa shape index (κ2) is 11.0. The van der Waals surface area contributed by atoms with E-state index in [1.54, 1.807) is 6.07 Å². The molecule has 0 radical (unpaired) electrons. The van der Waals surface area contributed by atoms with Crippen LogP contribution in [-0.4, -0.2) is 64.9 Å². The molecule has 2 aromatic heterocycles. The minimum Gasteiger partial charge on any atom is -0.493 e. The van der Waals surface area contributed by atoms with Gasteiger partial charge < -0.3 is 23.6 Å². The number of hydrogen-bond acceptors (Lipinski definition) is 10. The lowest BCUT2D eigenvalue weighted by atomic mass is 10.2. The minimum atomic E-state index is -2.95. The zero-order valence-corrected chi connectivity index (χ0v) is 19.9. The molecule has 0 bridgehead atoms. The van der Waals surface area contributed by atoms with Gasteiger partial charge in [-0.15, -0.1) is 10.2 Å². The molecule has 3 heterocycles. The number of ether oxygens (including phenoxy) is 3. The molecule has 1 aromatic carbocycles. The lowest BCUT2D eigenvalue weighted by molar-refractivity contribution is -0.0512. The Morgan fingerprint density at radius 3 is 2.65 bits per heavy atom. The Bertz CT molecular complexity index is 1090. The molecule has 10 nitrogen and oxygen atoms in total. The lowest BCUT2D eigenvalue weighted by Crippen LogP contribution is -2.38. The van der Waals surface area contributed by atoms with Crippen LogP contribution in [-0.2, 0) is 17.0 Å². The highest BCUT2D eigenvalue weighted by Crippen LogP contribution is 2.33. The first-order chi connectivity index (χ1) is 16.4. The van der Waals surface area contributed by atoms with Gasteiger partial charge in [-0.1, -0.05) is 30.8 Å². The number of morpholine rings is 1. The van der Waals surface area contributed by atoms with Gasteiger partial charge in [0.25, 0.3) is 0 Å². The molecular weight excluding hydrogens is 470 g/mol. The van der Waals surface area contributed by atoms with Crippen LogP contribution in [0.4, 0.5) is 14.7 Å². The predicted molar refractivity (Wildman–Crippen MR) is 120 cm³/mol. The molecule has 0 spiro atoms. The van der Waals surface area contributed by atoms with E-state index in [0.29, 0.717) is 42.2 Å². The first kappa shape index (κ1) is 24.2. The third-order valence-corrected chi connectivity index (χ3v) is 5.92. The molecule has 0 saturated carbocycles. The average Bonchev–Trinajstić information content (AvgIpc) is 3.45. The fourth-order valence-electron chi connectivity index (χ4n) is 3.47. The number of anilines is 1.